The summed E-state index contributed by atoms with van der Waals surface area (Å²) in [6.07, 6.45) is 7.22. The first-order chi connectivity index (χ1) is 9.13. The maximum atomic E-state index is 13.5. The third-order valence-electron chi connectivity index (χ3n) is 3.41. The molecule has 1 aromatic rings. The molecule has 0 aliphatic heterocycles. The number of aromatic nitrogens is 1. The molecular weight excluding hydrogens is 270 g/mol. The minimum atomic E-state index is -1.24. The molecule has 104 valence electrons. The van der Waals surface area contributed by atoms with Crippen LogP contribution in [0.4, 0.5) is 8.78 Å². The molecule has 0 radical (unpaired) electrons. The van der Waals surface area contributed by atoms with Crippen LogP contribution < -0.4 is 5.32 Å². The zero-order valence-electron chi connectivity index (χ0n) is 10.7. The topological polar surface area (TPSA) is 42.0 Å². The van der Waals surface area contributed by atoms with Gasteiger partial charge in [-0.1, -0.05) is 12.8 Å². The lowest BCUT2D eigenvalue weighted by molar-refractivity contribution is 0.0924. The molecule has 0 spiro atoms. The van der Waals surface area contributed by atoms with E-state index in [0.717, 1.165) is 31.9 Å². The van der Waals surface area contributed by atoms with Crippen molar-refractivity contribution in [3.63, 3.8) is 0 Å². The van der Waals surface area contributed by atoms with Gasteiger partial charge in [-0.25, -0.2) is 9.37 Å². The lowest BCUT2D eigenvalue weighted by Crippen LogP contribution is -2.44. The molecule has 1 aromatic heterocycles. The lowest BCUT2D eigenvalue weighted by atomic mass is 9.94. The van der Waals surface area contributed by atoms with Crippen LogP contribution in [0.25, 0.3) is 0 Å². The molecule has 1 N–H and O–H groups in total. The summed E-state index contributed by atoms with van der Waals surface area (Å²) in [5, 5.41) is 3.15. The van der Waals surface area contributed by atoms with Crippen LogP contribution in [0.2, 0.25) is 0 Å². The largest absolute Gasteiger partial charge is 0.348 e. The molecule has 1 aliphatic rings. The van der Waals surface area contributed by atoms with E-state index in [0.29, 0.717) is 5.25 Å². The molecule has 1 amide bonds. The Morgan fingerprint density at radius 2 is 2.16 bits per heavy atom. The van der Waals surface area contributed by atoms with Crippen LogP contribution >= 0.6 is 11.8 Å². The van der Waals surface area contributed by atoms with E-state index in [9.17, 15) is 13.6 Å². The zero-order valence-corrected chi connectivity index (χ0v) is 11.5. The number of nitrogens with one attached hydrogen (secondary N) is 1. The molecule has 1 aliphatic carbocycles. The van der Waals surface area contributed by atoms with E-state index >= 15 is 0 Å². The molecule has 1 heterocycles. The van der Waals surface area contributed by atoms with Gasteiger partial charge in [0.25, 0.3) is 5.91 Å². The number of amides is 1. The quantitative estimate of drug-likeness (QED) is 0.869. The van der Waals surface area contributed by atoms with Crippen LogP contribution in [0.1, 0.15) is 36.0 Å². The average molecular weight is 286 g/mol. The van der Waals surface area contributed by atoms with Gasteiger partial charge in [-0.05, 0) is 25.2 Å². The van der Waals surface area contributed by atoms with E-state index < -0.39 is 17.7 Å². The molecule has 2 unspecified atom stereocenters. The minimum absolute atomic E-state index is 0.0203. The van der Waals surface area contributed by atoms with Gasteiger partial charge in [-0.15, -0.1) is 0 Å². The van der Waals surface area contributed by atoms with Crippen LogP contribution in [-0.2, 0) is 0 Å². The Balaban J connectivity index is 2.09. The van der Waals surface area contributed by atoms with Crippen molar-refractivity contribution in [1.82, 2.24) is 10.3 Å². The predicted octanol–water partition coefficient (Wildman–Crippen LogP) is 2.76. The van der Waals surface area contributed by atoms with Crippen molar-refractivity contribution in [3.05, 3.63) is 29.6 Å². The first-order valence-corrected chi connectivity index (χ1v) is 7.56. The minimum Gasteiger partial charge on any atom is -0.348 e. The van der Waals surface area contributed by atoms with Gasteiger partial charge in [0, 0.05) is 17.5 Å². The first-order valence-electron chi connectivity index (χ1n) is 6.27. The fourth-order valence-electron chi connectivity index (χ4n) is 2.38. The van der Waals surface area contributed by atoms with Gasteiger partial charge < -0.3 is 5.32 Å². The highest BCUT2D eigenvalue weighted by atomic mass is 32.2. The highest BCUT2D eigenvalue weighted by Gasteiger charge is 2.27. The van der Waals surface area contributed by atoms with Crippen LogP contribution in [0.15, 0.2) is 12.3 Å². The third kappa shape index (κ3) is 3.23. The number of halogens is 2. The molecule has 0 saturated heterocycles. The summed E-state index contributed by atoms with van der Waals surface area (Å²) < 4.78 is 26.5. The Morgan fingerprint density at radius 1 is 1.42 bits per heavy atom. The summed E-state index contributed by atoms with van der Waals surface area (Å²) in [6, 6.07) is 1.22. The van der Waals surface area contributed by atoms with Crippen molar-refractivity contribution >= 4 is 17.7 Å². The second-order valence-electron chi connectivity index (χ2n) is 4.60. The highest BCUT2D eigenvalue weighted by molar-refractivity contribution is 7.99. The van der Waals surface area contributed by atoms with Crippen LogP contribution in [-0.4, -0.2) is 28.4 Å². The fraction of sp³-hybridized carbons (Fsp3) is 0.538. The van der Waals surface area contributed by atoms with Crippen molar-refractivity contribution in [2.45, 2.75) is 37.0 Å². The first kappa shape index (κ1) is 14.2. The third-order valence-corrected chi connectivity index (χ3v) is 4.58. The fourth-order valence-corrected chi connectivity index (χ4v) is 3.32. The van der Waals surface area contributed by atoms with Crippen molar-refractivity contribution in [1.29, 1.82) is 0 Å². The van der Waals surface area contributed by atoms with E-state index in [1.165, 1.54) is 6.07 Å². The number of carbonyl (C=O) groups excluding carboxylic acids is 1. The van der Waals surface area contributed by atoms with Gasteiger partial charge in [0.05, 0.1) is 5.56 Å². The van der Waals surface area contributed by atoms with Crippen LogP contribution in [0.5, 0.6) is 0 Å². The highest BCUT2D eigenvalue weighted by Crippen LogP contribution is 2.27. The number of hydrogen-bond donors (Lipinski definition) is 1. The number of pyridine rings is 1. The van der Waals surface area contributed by atoms with Gasteiger partial charge >= 0.3 is 0 Å². The zero-order chi connectivity index (χ0) is 13.8. The summed E-state index contributed by atoms with van der Waals surface area (Å²) in [5.41, 5.74) is -0.280. The van der Waals surface area contributed by atoms with Crippen molar-refractivity contribution in [2.24, 2.45) is 0 Å². The summed E-state index contributed by atoms with van der Waals surface area (Å²) in [6.45, 7) is 0. The molecular formula is C13H16F2N2OS. The van der Waals surface area contributed by atoms with E-state index in [-0.39, 0.29) is 11.6 Å². The number of rotatable bonds is 3. The molecule has 19 heavy (non-hydrogen) atoms. The number of hydrogen-bond acceptors (Lipinski definition) is 3. The van der Waals surface area contributed by atoms with E-state index in [2.05, 4.69) is 10.3 Å². The average Bonchev–Trinajstić information content (AvgIpc) is 2.42. The van der Waals surface area contributed by atoms with E-state index in [1.54, 1.807) is 11.8 Å². The Morgan fingerprint density at radius 3 is 2.89 bits per heavy atom. The smallest absolute Gasteiger partial charge is 0.254 e. The maximum absolute atomic E-state index is 13.5. The SMILES string of the molecule is CSC1CCCCC1NC(=O)c1ccnc(F)c1F. The predicted molar refractivity (Wildman–Crippen MR) is 71.2 cm³/mol. The van der Waals surface area contributed by atoms with Crippen LogP contribution in [0, 0.1) is 11.8 Å². The van der Waals surface area contributed by atoms with E-state index in [4.69, 9.17) is 0 Å². The Bertz CT molecular complexity index is 470. The second-order valence-corrected chi connectivity index (χ2v) is 5.68. The molecule has 1 saturated carbocycles. The van der Waals surface area contributed by atoms with Gasteiger partial charge in [0.2, 0.25) is 5.95 Å². The summed E-state index contributed by atoms with van der Waals surface area (Å²) >= 11 is 1.70. The summed E-state index contributed by atoms with van der Waals surface area (Å²) in [5.74, 6) is -2.99. The molecule has 2 atom stereocenters. The second kappa shape index (κ2) is 6.32. The number of nitrogens with zero attached hydrogens (tertiary/aromatic N) is 1. The van der Waals surface area contributed by atoms with Crippen molar-refractivity contribution < 1.29 is 13.6 Å². The van der Waals surface area contributed by atoms with Crippen LogP contribution in [0.3, 0.4) is 0 Å². The maximum Gasteiger partial charge on any atom is 0.254 e. The van der Waals surface area contributed by atoms with Gasteiger partial charge in [0.1, 0.15) is 0 Å². The van der Waals surface area contributed by atoms with E-state index in [1.807, 2.05) is 6.26 Å². The molecule has 0 aromatic carbocycles. The molecule has 1 fully saturated rings. The molecule has 0 bridgehead atoms. The Kier molecular flexibility index (Phi) is 4.74. The van der Waals surface area contributed by atoms with Gasteiger partial charge in [0.15, 0.2) is 5.82 Å². The van der Waals surface area contributed by atoms with Crippen molar-refractivity contribution in [3.8, 4) is 0 Å². The van der Waals surface area contributed by atoms with Crippen molar-refractivity contribution in [2.75, 3.05) is 6.26 Å². The monoisotopic (exact) mass is 286 g/mol. The molecule has 6 heteroatoms. The standard InChI is InChI=1S/C13H16F2N2OS/c1-19-10-5-3-2-4-9(10)17-13(18)8-6-7-16-12(15)11(8)14/h6-7,9-10H,2-5H2,1H3,(H,17,18). The van der Waals surface area contributed by atoms with Gasteiger partial charge in [-0.2, -0.15) is 16.2 Å². The number of thioether (sulfide) groups is 1. The van der Waals surface area contributed by atoms with Gasteiger partial charge in [-0.3, -0.25) is 4.79 Å². The number of carbonyl (C=O) groups is 1. The lowest BCUT2D eigenvalue weighted by Gasteiger charge is -2.30. The Hall–Kier alpha value is -1.17. The molecule has 3 nitrogen and oxygen atoms in total. The normalized spacial score (nSPS) is 23.1. The molecule has 2 rings (SSSR count). The summed E-state index contributed by atoms with van der Waals surface area (Å²) in [7, 11) is 0. The summed E-state index contributed by atoms with van der Waals surface area (Å²) in [4.78, 5) is 15.2. The Labute approximate surface area is 115 Å².